The van der Waals surface area contributed by atoms with Crippen molar-refractivity contribution in [1.29, 1.82) is 0 Å². The third kappa shape index (κ3) is 4.20. The molecule has 3 aromatic carbocycles. The van der Waals surface area contributed by atoms with Gasteiger partial charge in [-0.3, -0.25) is 14.4 Å². The van der Waals surface area contributed by atoms with Gasteiger partial charge in [-0.1, -0.05) is 42.5 Å². The molecular formula is C27H22O6. The van der Waals surface area contributed by atoms with E-state index in [0.29, 0.717) is 17.8 Å². The average molecular weight is 442 g/mol. The van der Waals surface area contributed by atoms with Gasteiger partial charge in [-0.15, -0.1) is 0 Å². The van der Waals surface area contributed by atoms with Crippen LogP contribution < -0.4 is 4.74 Å². The van der Waals surface area contributed by atoms with Crippen molar-refractivity contribution in [2.24, 2.45) is 11.8 Å². The molecule has 166 valence electrons. The average Bonchev–Trinajstić information content (AvgIpc) is 2.80. The maximum absolute atomic E-state index is 13.6. The summed E-state index contributed by atoms with van der Waals surface area (Å²) in [6.07, 6.45) is 0. The number of carboxylic acid groups (broad SMARTS) is 1. The highest BCUT2D eigenvalue weighted by Crippen LogP contribution is 2.59. The highest BCUT2D eigenvalue weighted by Gasteiger charge is 2.56. The van der Waals surface area contributed by atoms with Crippen LogP contribution in [0.5, 0.6) is 5.75 Å². The first-order chi connectivity index (χ1) is 15.9. The smallest absolute Gasteiger partial charge is 0.335 e. The number of carbonyl (C=O) groups is 4. The number of hydrogen-bond acceptors (Lipinski definition) is 5. The van der Waals surface area contributed by atoms with Crippen molar-refractivity contribution in [2.45, 2.75) is 18.8 Å². The molecule has 0 spiro atoms. The molecule has 0 saturated heterocycles. The van der Waals surface area contributed by atoms with Crippen LogP contribution in [0.3, 0.4) is 0 Å². The molecule has 0 heterocycles. The Kier molecular flexibility index (Phi) is 6.18. The van der Waals surface area contributed by atoms with E-state index in [-0.39, 0.29) is 29.0 Å². The van der Waals surface area contributed by atoms with Crippen molar-refractivity contribution in [3.63, 3.8) is 0 Å². The molecule has 33 heavy (non-hydrogen) atoms. The number of aromatic carboxylic acids is 1. The van der Waals surface area contributed by atoms with E-state index >= 15 is 0 Å². The van der Waals surface area contributed by atoms with Gasteiger partial charge in [0.2, 0.25) is 0 Å². The quantitative estimate of drug-likeness (QED) is 0.407. The summed E-state index contributed by atoms with van der Waals surface area (Å²) >= 11 is 0. The van der Waals surface area contributed by atoms with Crippen LogP contribution in [0.2, 0.25) is 0 Å². The van der Waals surface area contributed by atoms with Crippen molar-refractivity contribution < 1.29 is 29.0 Å². The number of hydrogen-bond donors (Lipinski definition) is 1. The Morgan fingerprint density at radius 3 is 1.85 bits per heavy atom. The highest BCUT2D eigenvalue weighted by molar-refractivity contribution is 6.03. The van der Waals surface area contributed by atoms with Crippen molar-refractivity contribution in [2.75, 3.05) is 0 Å². The van der Waals surface area contributed by atoms with Crippen molar-refractivity contribution in [3.05, 3.63) is 101 Å². The summed E-state index contributed by atoms with van der Waals surface area (Å²) in [4.78, 5) is 48.1. The summed E-state index contributed by atoms with van der Waals surface area (Å²) < 4.78 is 4.80. The number of ether oxygens (including phenoxy) is 1. The minimum Gasteiger partial charge on any atom is -0.478 e. The first-order valence-corrected chi connectivity index (χ1v) is 10.6. The van der Waals surface area contributed by atoms with E-state index in [0.717, 1.165) is 11.1 Å². The fraction of sp³-hybridized carbons (Fsp3) is 0.185. The van der Waals surface area contributed by atoms with Gasteiger partial charge in [0.25, 0.3) is 6.47 Å². The highest BCUT2D eigenvalue weighted by atomic mass is 16.5. The summed E-state index contributed by atoms with van der Waals surface area (Å²) in [7, 11) is 0. The van der Waals surface area contributed by atoms with Crippen LogP contribution >= 0.6 is 0 Å². The predicted molar refractivity (Wildman–Crippen MR) is 120 cm³/mol. The van der Waals surface area contributed by atoms with E-state index < -0.39 is 17.8 Å². The van der Waals surface area contributed by atoms with Crippen LogP contribution in [0.25, 0.3) is 0 Å². The third-order valence-electron chi connectivity index (χ3n) is 6.37. The Labute approximate surface area is 190 Å². The summed E-state index contributed by atoms with van der Waals surface area (Å²) in [5.41, 5.74) is 2.37. The molecule has 1 aliphatic carbocycles. The largest absolute Gasteiger partial charge is 0.478 e. The molecule has 6 heteroatoms. The molecule has 6 nitrogen and oxygen atoms in total. The van der Waals surface area contributed by atoms with E-state index in [1.165, 1.54) is 19.1 Å². The molecular weight excluding hydrogens is 420 g/mol. The maximum atomic E-state index is 13.6. The molecule has 4 atom stereocenters. The molecule has 1 fully saturated rings. The summed E-state index contributed by atoms with van der Waals surface area (Å²) in [6, 6.07) is 22.4. The van der Waals surface area contributed by atoms with E-state index in [1.54, 1.807) is 36.4 Å². The zero-order valence-corrected chi connectivity index (χ0v) is 17.9. The minimum atomic E-state index is -1.02. The molecule has 0 aromatic heterocycles. The van der Waals surface area contributed by atoms with Crippen molar-refractivity contribution in [1.82, 2.24) is 0 Å². The van der Waals surface area contributed by atoms with E-state index in [1.807, 2.05) is 30.3 Å². The third-order valence-corrected chi connectivity index (χ3v) is 6.37. The van der Waals surface area contributed by atoms with E-state index in [2.05, 4.69) is 0 Å². The van der Waals surface area contributed by atoms with Crippen LogP contribution in [0.4, 0.5) is 0 Å². The molecule has 0 bridgehead atoms. The Balaban J connectivity index is 1.74. The first kappa shape index (κ1) is 22.1. The van der Waals surface area contributed by atoms with Crippen LogP contribution in [-0.2, 0) is 9.59 Å². The van der Waals surface area contributed by atoms with Gasteiger partial charge in [-0.25, -0.2) is 4.79 Å². The molecule has 4 rings (SSSR count). The predicted octanol–water partition coefficient (Wildman–Crippen LogP) is 4.51. The lowest BCUT2D eigenvalue weighted by atomic mass is 9.50. The zero-order chi connectivity index (χ0) is 23.5. The minimum absolute atomic E-state index is 0.0891. The first-order valence-electron chi connectivity index (χ1n) is 10.6. The van der Waals surface area contributed by atoms with E-state index in [9.17, 15) is 24.3 Å². The molecule has 0 radical (unpaired) electrons. The molecule has 1 N–H and O–H groups in total. The summed E-state index contributed by atoms with van der Waals surface area (Å²) in [5.74, 6) is -2.53. The Morgan fingerprint density at radius 2 is 1.30 bits per heavy atom. The second-order valence-corrected chi connectivity index (χ2v) is 8.15. The van der Waals surface area contributed by atoms with Gasteiger partial charge in [0.15, 0.2) is 5.78 Å². The SMILES string of the molecule is CC(=O)[C@H]1[C@@H](C(=O)c2ccc(OC=O)cc2)[C@H](c2ccccc2)[C@@H]1c1ccc(C(=O)O)cc1. The van der Waals surface area contributed by atoms with Crippen molar-refractivity contribution >= 4 is 24.0 Å². The molecule has 0 aliphatic heterocycles. The van der Waals surface area contributed by atoms with Gasteiger partial charge in [-0.05, 0) is 54.4 Å². The Morgan fingerprint density at radius 1 is 0.758 bits per heavy atom. The van der Waals surface area contributed by atoms with Gasteiger partial charge in [0.05, 0.1) is 5.56 Å². The molecule has 3 aromatic rings. The number of carboxylic acids is 1. The lowest BCUT2D eigenvalue weighted by Gasteiger charge is -2.51. The number of rotatable bonds is 8. The second-order valence-electron chi connectivity index (χ2n) is 8.15. The number of carbonyl (C=O) groups excluding carboxylic acids is 3. The fourth-order valence-corrected chi connectivity index (χ4v) is 4.88. The van der Waals surface area contributed by atoms with Crippen LogP contribution in [0, 0.1) is 11.8 Å². The van der Waals surface area contributed by atoms with Gasteiger partial charge >= 0.3 is 5.97 Å². The molecule has 0 amide bonds. The Hall–Kier alpha value is -4.06. The second kappa shape index (κ2) is 9.20. The standard InChI is InChI=1S/C27H22O6/c1-16(29)22-23(18-7-9-20(10-8-18)27(31)32)24(17-5-3-2-4-6-17)25(22)26(30)19-11-13-21(14-12-19)33-15-28/h2-15,22-25H,1H3,(H,31,32)/t22-,23-,24-,25-/m1/s1. The molecule has 0 unspecified atom stereocenters. The zero-order valence-electron chi connectivity index (χ0n) is 17.9. The monoisotopic (exact) mass is 442 g/mol. The van der Waals surface area contributed by atoms with Gasteiger partial charge in [0.1, 0.15) is 11.5 Å². The number of ketones is 2. The molecule has 1 aliphatic rings. The van der Waals surface area contributed by atoms with Crippen molar-refractivity contribution in [3.8, 4) is 5.75 Å². The lowest BCUT2D eigenvalue weighted by molar-refractivity contribution is -0.127. The normalized spacial score (nSPS) is 21.5. The fourth-order valence-electron chi connectivity index (χ4n) is 4.88. The maximum Gasteiger partial charge on any atom is 0.335 e. The van der Waals surface area contributed by atoms with E-state index in [4.69, 9.17) is 4.74 Å². The Bertz CT molecular complexity index is 1180. The summed E-state index contributed by atoms with van der Waals surface area (Å²) in [6.45, 7) is 1.81. The van der Waals surface area contributed by atoms with Crippen LogP contribution in [0.15, 0.2) is 78.9 Å². The molecule has 1 saturated carbocycles. The number of benzene rings is 3. The van der Waals surface area contributed by atoms with Crippen LogP contribution in [0.1, 0.15) is 50.6 Å². The number of Topliss-reactive ketones (excluding diaryl/α,β-unsaturated/α-hetero) is 2. The topological polar surface area (TPSA) is 97.7 Å². The van der Waals surface area contributed by atoms with Gasteiger partial charge in [0, 0.05) is 29.2 Å². The van der Waals surface area contributed by atoms with Gasteiger partial charge in [-0.2, -0.15) is 0 Å². The summed E-state index contributed by atoms with van der Waals surface area (Å²) in [5, 5.41) is 9.22. The van der Waals surface area contributed by atoms with Gasteiger partial charge < -0.3 is 9.84 Å². The lowest BCUT2D eigenvalue weighted by Crippen LogP contribution is -2.50. The van der Waals surface area contributed by atoms with Crippen LogP contribution in [-0.4, -0.2) is 29.1 Å².